The van der Waals surface area contributed by atoms with E-state index in [1.165, 1.54) is 0 Å². The van der Waals surface area contributed by atoms with Gasteiger partial charge in [-0.2, -0.15) is 5.26 Å². The van der Waals surface area contributed by atoms with Crippen molar-refractivity contribution in [3.63, 3.8) is 0 Å². The summed E-state index contributed by atoms with van der Waals surface area (Å²) in [5, 5.41) is 9.40. The lowest BCUT2D eigenvalue weighted by Gasteiger charge is -2.12. The van der Waals surface area contributed by atoms with Crippen LogP contribution in [-0.4, -0.2) is 17.1 Å². The van der Waals surface area contributed by atoms with Gasteiger partial charge in [-0.25, -0.2) is 4.98 Å². The number of nitrogen functional groups attached to an aromatic ring is 1. The highest BCUT2D eigenvalue weighted by Crippen LogP contribution is 2.33. The average Bonchev–Trinajstić information content (AvgIpc) is 2.61. The zero-order valence-corrected chi connectivity index (χ0v) is 12.5. The Balaban J connectivity index is 2.26. The largest absolute Gasteiger partial charge is 0.496 e. The molecular formula is C18H14N4O. The molecule has 0 fully saturated rings. The molecule has 0 unspecified atom stereocenters. The van der Waals surface area contributed by atoms with E-state index >= 15 is 0 Å². The van der Waals surface area contributed by atoms with Gasteiger partial charge in [0.1, 0.15) is 23.2 Å². The highest BCUT2D eigenvalue weighted by atomic mass is 16.5. The van der Waals surface area contributed by atoms with E-state index in [0.29, 0.717) is 28.3 Å². The van der Waals surface area contributed by atoms with Gasteiger partial charge in [-0.1, -0.05) is 18.2 Å². The van der Waals surface area contributed by atoms with Crippen molar-refractivity contribution in [3.8, 4) is 34.3 Å². The molecule has 2 N–H and O–H groups in total. The molecule has 112 valence electrons. The van der Waals surface area contributed by atoms with Crippen LogP contribution in [0.25, 0.3) is 22.5 Å². The fourth-order valence-corrected chi connectivity index (χ4v) is 2.40. The van der Waals surface area contributed by atoms with Gasteiger partial charge in [0.15, 0.2) is 0 Å². The molecule has 2 heterocycles. The number of ether oxygens (including phenoxy) is 1. The zero-order chi connectivity index (χ0) is 16.2. The topological polar surface area (TPSA) is 84.8 Å². The number of hydrogen-bond donors (Lipinski definition) is 1. The summed E-state index contributed by atoms with van der Waals surface area (Å²) >= 11 is 0. The third-order valence-electron chi connectivity index (χ3n) is 3.48. The van der Waals surface area contributed by atoms with Crippen LogP contribution in [-0.2, 0) is 0 Å². The minimum Gasteiger partial charge on any atom is -0.496 e. The van der Waals surface area contributed by atoms with Crippen LogP contribution in [0.2, 0.25) is 0 Å². The summed E-state index contributed by atoms with van der Waals surface area (Å²) in [4.78, 5) is 8.67. The zero-order valence-electron chi connectivity index (χ0n) is 12.5. The minimum atomic E-state index is 0.177. The van der Waals surface area contributed by atoms with Crippen molar-refractivity contribution in [1.82, 2.24) is 9.97 Å². The van der Waals surface area contributed by atoms with E-state index in [9.17, 15) is 5.26 Å². The maximum Gasteiger partial charge on any atom is 0.142 e. The molecular weight excluding hydrogens is 288 g/mol. The van der Waals surface area contributed by atoms with Crippen molar-refractivity contribution in [1.29, 1.82) is 5.26 Å². The van der Waals surface area contributed by atoms with Crippen LogP contribution in [0.3, 0.4) is 0 Å². The normalized spacial score (nSPS) is 10.1. The number of hydrogen-bond acceptors (Lipinski definition) is 5. The molecule has 0 radical (unpaired) electrons. The van der Waals surface area contributed by atoms with Crippen LogP contribution in [0.1, 0.15) is 5.56 Å². The molecule has 23 heavy (non-hydrogen) atoms. The Morgan fingerprint density at radius 1 is 1.04 bits per heavy atom. The summed E-state index contributed by atoms with van der Waals surface area (Å²) in [5.41, 5.74) is 9.09. The van der Waals surface area contributed by atoms with E-state index in [-0.39, 0.29) is 5.82 Å². The molecule has 0 bridgehead atoms. The second-order valence-electron chi connectivity index (χ2n) is 4.84. The van der Waals surface area contributed by atoms with Gasteiger partial charge in [-0.3, -0.25) is 4.98 Å². The molecule has 2 aromatic heterocycles. The highest BCUT2D eigenvalue weighted by Gasteiger charge is 2.15. The second kappa shape index (κ2) is 6.16. The molecule has 0 aliphatic carbocycles. The molecule has 3 rings (SSSR count). The molecule has 5 nitrogen and oxygen atoms in total. The summed E-state index contributed by atoms with van der Waals surface area (Å²) in [6.07, 6.45) is 1.68. The molecule has 0 saturated heterocycles. The quantitative estimate of drug-likeness (QED) is 0.802. The Morgan fingerprint density at radius 3 is 2.52 bits per heavy atom. The third kappa shape index (κ3) is 2.70. The predicted octanol–water partition coefficient (Wildman–Crippen LogP) is 3.27. The summed E-state index contributed by atoms with van der Waals surface area (Å²) in [5.74, 6) is 0.868. The number of pyridine rings is 2. The number of para-hydroxylation sites is 1. The van der Waals surface area contributed by atoms with Gasteiger partial charge in [0, 0.05) is 17.3 Å². The smallest absolute Gasteiger partial charge is 0.142 e. The lowest BCUT2D eigenvalue weighted by molar-refractivity contribution is 0.416. The van der Waals surface area contributed by atoms with Crippen LogP contribution < -0.4 is 10.5 Å². The fourth-order valence-electron chi connectivity index (χ4n) is 2.40. The van der Waals surface area contributed by atoms with Gasteiger partial charge in [-0.15, -0.1) is 0 Å². The first-order valence-electron chi connectivity index (χ1n) is 7.00. The monoisotopic (exact) mass is 302 g/mol. The first-order chi connectivity index (χ1) is 11.2. The van der Waals surface area contributed by atoms with Gasteiger partial charge < -0.3 is 10.5 Å². The third-order valence-corrected chi connectivity index (χ3v) is 3.48. The summed E-state index contributed by atoms with van der Waals surface area (Å²) in [6, 6.07) is 17.0. The Morgan fingerprint density at radius 2 is 1.83 bits per heavy atom. The predicted molar refractivity (Wildman–Crippen MR) is 88.6 cm³/mol. The number of rotatable bonds is 3. The number of anilines is 1. The first kappa shape index (κ1) is 14.5. The molecule has 3 aromatic rings. The molecule has 0 amide bonds. The number of benzene rings is 1. The van der Waals surface area contributed by atoms with Gasteiger partial charge in [-0.05, 0) is 30.3 Å². The van der Waals surface area contributed by atoms with E-state index in [2.05, 4.69) is 16.0 Å². The maximum absolute atomic E-state index is 9.40. The second-order valence-corrected chi connectivity index (χ2v) is 4.84. The van der Waals surface area contributed by atoms with Gasteiger partial charge in [0.2, 0.25) is 0 Å². The van der Waals surface area contributed by atoms with Crippen LogP contribution >= 0.6 is 0 Å². The SMILES string of the molecule is COc1ccccc1-c1cc(-c2ccccn2)c(C#N)c(N)n1. The molecule has 1 aromatic carbocycles. The van der Waals surface area contributed by atoms with Gasteiger partial charge in [0.05, 0.1) is 18.5 Å². The number of methoxy groups -OCH3 is 1. The lowest BCUT2D eigenvalue weighted by atomic mass is 10.0. The van der Waals surface area contributed by atoms with Crippen molar-refractivity contribution >= 4 is 5.82 Å². The maximum atomic E-state index is 9.40. The van der Waals surface area contributed by atoms with Crippen molar-refractivity contribution in [2.45, 2.75) is 0 Å². The molecule has 0 atom stereocenters. The van der Waals surface area contributed by atoms with Crippen LogP contribution in [0, 0.1) is 11.3 Å². The Kier molecular flexibility index (Phi) is 3.89. The number of nitrogens with zero attached hydrogens (tertiary/aromatic N) is 3. The Hall–Kier alpha value is -3.39. The number of nitriles is 1. The summed E-state index contributed by atoms with van der Waals surface area (Å²) < 4.78 is 5.38. The van der Waals surface area contributed by atoms with Crippen molar-refractivity contribution in [2.75, 3.05) is 12.8 Å². The van der Waals surface area contributed by atoms with E-state index in [1.807, 2.05) is 48.5 Å². The van der Waals surface area contributed by atoms with Crippen molar-refractivity contribution in [2.24, 2.45) is 0 Å². The standard InChI is InChI=1S/C18H14N4O/c1-23-17-8-3-2-6-12(17)16-10-13(14(11-19)18(20)22-16)15-7-4-5-9-21-15/h2-10H,1H3,(H2,20,22). The molecule has 0 spiro atoms. The number of aromatic nitrogens is 2. The molecule has 0 aliphatic rings. The van der Waals surface area contributed by atoms with Gasteiger partial charge >= 0.3 is 0 Å². The molecule has 0 saturated carbocycles. The first-order valence-corrected chi connectivity index (χ1v) is 7.00. The average molecular weight is 302 g/mol. The minimum absolute atomic E-state index is 0.177. The van der Waals surface area contributed by atoms with Crippen LogP contribution in [0.5, 0.6) is 5.75 Å². The van der Waals surface area contributed by atoms with Crippen LogP contribution in [0.4, 0.5) is 5.82 Å². The van der Waals surface area contributed by atoms with E-state index in [1.54, 1.807) is 13.3 Å². The van der Waals surface area contributed by atoms with E-state index in [0.717, 1.165) is 5.56 Å². The Labute approximate surface area is 134 Å². The van der Waals surface area contributed by atoms with E-state index in [4.69, 9.17) is 10.5 Å². The number of nitrogens with two attached hydrogens (primary N) is 1. The van der Waals surface area contributed by atoms with Crippen molar-refractivity contribution in [3.05, 3.63) is 60.3 Å². The summed E-state index contributed by atoms with van der Waals surface area (Å²) in [6.45, 7) is 0. The fraction of sp³-hybridized carbons (Fsp3) is 0.0556. The highest BCUT2D eigenvalue weighted by molar-refractivity contribution is 5.80. The molecule has 5 heteroatoms. The lowest BCUT2D eigenvalue weighted by Crippen LogP contribution is -2.01. The Bertz CT molecular complexity index is 885. The van der Waals surface area contributed by atoms with E-state index < -0.39 is 0 Å². The summed E-state index contributed by atoms with van der Waals surface area (Å²) in [7, 11) is 1.60. The van der Waals surface area contributed by atoms with Crippen molar-refractivity contribution < 1.29 is 4.74 Å². The van der Waals surface area contributed by atoms with Crippen LogP contribution in [0.15, 0.2) is 54.7 Å². The molecule has 0 aliphatic heterocycles. The van der Waals surface area contributed by atoms with Gasteiger partial charge in [0.25, 0.3) is 0 Å².